The van der Waals surface area contributed by atoms with Crippen molar-refractivity contribution in [3.05, 3.63) is 47.4 Å². The number of halogens is 1. The fourth-order valence-electron chi connectivity index (χ4n) is 3.41. The number of aromatic nitrogens is 2. The van der Waals surface area contributed by atoms with Gasteiger partial charge in [-0.15, -0.1) is 0 Å². The Hall–Kier alpha value is -2.32. The van der Waals surface area contributed by atoms with Gasteiger partial charge in [-0.1, -0.05) is 24.2 Å². The number of piperidine rings is 1. The molecule has 1 atom stereocenters. The summed E-state index contributed by atoms with van der Waals surface area (Å²) >= 11 is 0. The number of amides is 1. The Morgan fingerprint density at radius 1 is 1.37 bits per heavy atom. The zero-order valence-electron chi connectivity index (χ0n) is 15.7. The number of likely N-dealkylation sites (N-methyl/N-ethyl adjacent to an activating group) is 1. The van der Waals surface area contributed by atoms with Crippen LogP contribution in [0.3, 0.4) is 0 Å². The molecule has 1 fully saturated rings. The van der Waals surface area contributed by atoms with E-state index in [9.17, 15) is 14.3 Å². The molecule has 27 heavy (non-hydrogen) atoms. The van der Waals surface area contributed by atoms with Crippen molar-refractivity contribution in [2.24, 2.45) is 0 Å². The van der Waals surface area contributed by atoms with E-state index in [0.29, 0.717) is 50.6 Å². The predicted molar refractivity (Wildman–Crippen MR) is 96.0 cm³/mol. The maximum absolute atomic E-state index is 13.1. The summed E-state index contributed by atoms with van der Waals surface area (Å²) in [6, 6.07) is 6.06. The summed E-state index contributed by atoms with van der Waals surface area (Å²) in [4.78, 5) is 20.6. The molecule has 1 saturated heterocycles. The van der Waals surface area contributed by atoms with E-state index >= 15 is 0 Å². The molecule has 0 aliphatic carbocycles. The molecule has 0 spiro atoms. The molecule has 8 heteroatoms. The molecule has 0 saturated carbocycles. The van der Waals surface area contributed by atoms with E-state index < -0.39 is 5.60 Å². The maximum atomic E-state index is 13.1. The monoisotopic (exact) mass is 376 g/mol. The Bertz CT molecular complexity index is 780. The minimum Gasteiger partial charge on any atom is -0.379 e. The number of benzene rings is 1. The summed E-state index contributed by atoms with van der Waals surface area (Å²) < 4.78 is 18.2. The van der Waals surface area contributed by atoms with Crippen LogP contribution in [0, 0.1) is 5.82 Å². The second kappa shape index (κ2) is 8.14. The standard InChI is InChI=1S/C19H25FN4O3/c1-3-17-21-16(22-27-17)12-23(2)13-19(26)9-4-10-24(18(19)25)11-14-5-7-15(20)8-6-14/h5-8,26H,3-4,9-13H2,1-2H3. The fourth-order valence-corrected chi connectivity index (χ4v) is 3.41. The average molecular weight is 376 g/mol. The highest BCUT2D eigenvalue weighted by Crippen LogP contribution is 2.25. The molecule has 0 bridgehead atoms. The predicted octanol–water partition coefficient (Wildman–Crippen LogP) is 1.76. The van der Waals surface area contributed by atoms with Gasteiger partial charge in [0, 0.05) is 26.1 Å². The molecule has 1 aliphatic heterocycles. The van der Waals surface area contributed by atoms with Crippen LogP contribution >= 0.6 is 0 Å². The van der Waals surface area contributed by atoms with Crippen LogP contribution in [0.1, 0.15) is 37.0 Å². The summed E-state index contributed by atoms with van der Waals surface area (Å²) in [6.07, 6.45) is 1.78. The molecule has 3 rings (SSSR count). The normalized spacial score (nSPS) is 20.5. The number of aliphatic hydroxyl groups is 1. The van der Waals surface area contributed by atoms with Crippen molar-refractivity contribution in [3.63, 3.8) is 0 Å². The van der Waals surface area contributed by atoms with Crippen LogP contribution in [-0.4, -0.2) is 56.7 Å². The van der Waals surface area contributed by atoms with Crippen molar-refractivity contribution < 1.29 is 18.8 Å². The van der Waals surface area contributed by atoms with Gasteiger partial charge in [0.15, 0.2) is 11.4 Å². The van der Waals surface area contributed by atoms with Gasteiger partial charge in [-0.25, -0.2) is 4.39 Å². The van der Waals surface area contributed by atoms with Crippen LogP contribution in [0.15, 0.2) is 28.8 Å². The van der Waals surface area contributed by atoms with Gasteiger partial charge in [-0.05, 0) is 37.6 Å². The van der Waals surface area contributed by atoms with Gasteiger partial charge in [-0.2, -0.15) is 4.98 Å². The Morgan fingerprint density at radius 2 is 2.11 bits per heavy atom. The van der Waals surface area contributed by atoms with Crippen LogP contribution in [-0.2, 0) is 24.3 Å². The van der Waals surface area contributed by atoms with E-state index in [1.165, 1.54) is 12.1 Å². The van der Waals surface area contributed by atoms with Crippen LogP contribution in [0.4, 0.5) is 4.39 Å². The summed E-state index contributed by atoms with van der Waals surface area (Å²) in [5, 5.41) is 14.9. The minimum absolute atomic E-state index is 0.182. The summed E-state index contributed by atoms with van der Waals surface area (Å²) in [5.41, 5.74) is -0.620. The van der Waals surface area contributed by atoms with Gasteiger partial charge in [0.1, 0.15) is 5.82 Å². The Labute approximate surface area is 157 Å². The third-order valence-corrected chi connectivity index (χ3v) is 4.75. The quantitative estimate of drug-likeness (QED) is 0.793. The first kappa shape index (κ1) is 19.4. The first-order valence-electron chi connectivity index (χ1n) is 9.16. The fraction of sp³-hybridized carbons (Fsp3) is 0.526. The topological polar surface area (TPSA) is 82.7 Å². The zero-order valence-corrected chi connectivity index (χ0v) is 15.7. The number of hydrogen-bond donors (Lipinski definition) is 1. The molecule has 1 N–H and O–H groups in total. The van der Waals surface area contributed by atoms with Crippen molar-refractivity contribution in [2.75, 3.05) is 20.1 Å². The first-order valence-corrected chi connectivity index (χ1v) is 9.16. The van der Waals surface area contributed by atoms with E-state index in [4.69, 9.17) is 4.52 Å². The molecular weight excluding hydrogens is 351 g/mol. The van der Waals surface area contributed by atoms with Crippen LogP contribution in [0.25, 0.3) is 0 Å². The minimum atomic E-state index is -1.45. The van der Waals surface area contributed by atoms with Crippen molar-refractivity contribution in [1.29, 1.82) is 0 Å². The SMILES string of the molecule is CCc1nc(CN(C)CC2(O)CCCN(Cc3ccc(F)cc3)C2=O)no1. The van der Waals surface area contributed by atoms with Gasteiger partial charge < -0.3 is 14.5 Å². The van der Waals surface area contributed by atoms with Gasteiger partial charge in [0.25, 0.3) is 5.91 Å². The van der Waals surface area contributed by atoms with Gasteiger partial charge in [-0.3, -0.25) is 9.69 Å². The molecule has 1 aliphatic rings. The first-order chi connectivity index (χ1) is 12.9. The molecule has 0 radical (unpaired) electrons. The summed E-state index contributed by atoms with van der Waals surface area (Å²) in [6.45, 7) is 3.43. The van der Waals surface area contributed by atoms with Crippen molar-refractivity contribution >= 4 is 5.91 Å². The largest absolute Gasteiger partial charge is 0.379 e. The molecule has 146 valence electrons. The molecule has 1 amide bonds. The third kappa shape index (κ3) is 4.70. The highest BCUT2D eigenvalue weighted by molar-refractivity contribution is 5.86. The summed E-state index contributed by atoms with van der Waals surface area (Å²) in [7, 11) is 1.81. The van der Waals surface area contributed by atoms with Gasteiger partial charge >= 0.3 is 0 Å². The van der Waals surface area contributed by atoms with Crippen LogP contribution in [0.2, 0.25) is 0 Å². The van der Waals surface area contributed by atoms with Crippen LogP contribution in [0.5, 0.6) is 0 Å². The number of carbonyl (C=O) groups excluding carboxylic acids is 1. The second-order valence-corrected chi connectivity index (χ2v) is 7.12. The lowest BCUT2D eigenvalue weighted by Crippen LogP contribution is -2.57. The molecule has 1 aromatic heterocycles. The smallest absolute Gasteiger partial charge is 0.256 e. The van der Waals surface area contributed by atoms with Gasteiger partial charge in [0.2, 0.25) is 5.89 Å². The Kier molecular flexibility index (Phi) is 5.86. The second-order valence-electron chi connectivity index (χ2n) is 7.12. The van der Waals surface area contributed by atoms with Gasteiger partial charge in [0.05, 0.1) is 6.54 Å². The average Bonchev–Trinajstić information content (AvgIpc) is 3.08. The lowest BCUT2D eigenvalue weighted by molar-refractivity contribution is -0.160. The molecule has 2 heterocycles. The zero-order chi connectivity index (χ0) is 19.4. The number of aryl methyl sites for hydroxylation is 1. The third-order valence-electron chi connectivity index (χ3n) is 4.75. The lowest BCUT2D eigenvalue weighted by atomic mass is 9.91. The van der Waals surface area contributed by atoms with Crippen molar-refractivity contribution in [3.8, 4) is 0 Å². The van der Waals surface area contributed by atoms with E-state index in [1.807, 2.05) is 18.9 Å². The van der Waals surface area contributed by atoms with Crippen molar-refractivity contribution in [2.45, 2.75) is 44.9 Å². The number of likely N-dealkylation sites (tertiary alicyclic amines) is 1. The highest BCUT2D eigenvalue weighted by Gasteiger charge is 2.42. The van der Waals surface area contributed by atoms with Crippen LogP contribution < -0.4 is 0 Å². The molecule has 7 nitrogen and oxygen atoms in total. The highest BCUT2D eigenvalue weighted by atomic mass is 19.1. The number of rotatable bonds is 7. The number of carbonyl (C=O) groups is 1. The van der Waals surface area contributed by atoms with E-state index in [0.717, 1.165) is 5.56 Å². The lowest BCUT2D eigenvalue weighted by Gasteiger charge is -2.40. The maximum Gasteiger partial charge on any atom is 0.256 e. The summed E-state index contributed by atoms with van der Waals surface area (Å²) in [5.74, 6) is 0.488. The molecule has 2 aromatic rings. The van der Waals surface area contributed by atoms with E-state index in [-0.39, 0.29) is 18.3 Å². The Morgan fingerprint density at radius 3 is 2.78 bits per heavy atom. The number of hydrogen-bond acceptors (Lipinski definition) is 6. The van der Waals surface area contributed by atoms with E-state index in [1.54, 1.807) is 17.0 Å². The molecule has 1 unspecified atom stereocenters. The van der Waals surface area contributed by atoms with Crippen molar-refractivity contribution in [1.82, 2.24) is 19.9 Å². The van der Waals surface area contributed by atoms with E-state index in [2.05, 4.69) is 10.1 Å². The Balaban J connectivity index is 1.62. The number of nitrogens with zero attached hydrogens (tertiary/aromatic N) is 4. The molecular formula is C19H25FN4O3. The molecule has 1 aromatic carbocycles.